The van der Waals surface area contributed by atoms with Crippen molar-refractivity contribution in [2.75, 3.05) is 11.9 Å². The molecule has 2 aromatic heterocycles. The van der Waals surface area contributed by atoms with Crippen molar-refractivity contribution in [1.29, 1.82) is 0 Å². The van der Waals surface area contributed by atoms with Gasteiger partial charge in [-0.2, -0.15) is 5.10 Å². The third-order valence-corrected chi connectivity index (χ3v) is 3.09. The fourth-order valence-corrected chi connectivity index (χ4v) is 1.96. The number of anilines is 1. The van der Waals surface area contributed by atoms with E-state index in [0.717, 1.165) is 36.4 Å². The Balaban J connectivity index is 2.10. The monoisotopic (exact) mass is 262 g/mol. The van der Waals surface area contributed by atoms with Gasteiger partial charge >= 0.3 is 0 Å². The van der Waals surface area contributed by atoms with E-state index >= 15 is 0 Å². The molecule has 0 saturated heterocycles. The average molecular weight is 262 g/mol. The van der Waals surface area contributed by atoms with Gasteiger partial charge in [-0.3, -0.25) is 0 Å². The normalized spacial score (nSPS) is 13.1. The van der Waals surface area contributed by atoms with Crippen LogP contribution in [0.1, 0.15) is 45.2 Å². The lowest BCUT2D eigenvalue weighted by atomic mass is 10.1. The molecule has 2 rings (SSSR count). The molecule has 19 heavy (non-hydrogen) atoms. The summed E-state index contributed by atoms with van der Waals surface area (Å²) in [6, 6.07) is 2.08. The summed E-state index contributed by atoms with van der Waals surface area (Å²) < 4.78 is 1.86. The van der Waals surface area contributed by atoms with Crippen LogP contribution in [0.25, 0.3) is 5.52 Å². The SMILES string of the molecule is CC(O)CCCNc1nccn2nc(C(C)C)cc12. The molecule has 0 saturated carbocycles. The quantitative estimate of drug-likeness (QED) is 0.785. The molecule has 5 heteroatoms. The van der Waals surface area contributed by atoms with E-state index in [4.69, 9.17) is 0 Å². The second kappa shape index (κ2) is 6.02. The van der Waals surface area contributed by atoms with Crippen molar-refractivity contribution in [3.63, 3.8) is 0 Å². The molecule has 0 radical (unpaired) electrons. The number of hydrogen-bond acceptors (Lipinski definition) is 4. The lowest BCUT2D eigenvalue weighted by Gasteiger charge is -2.07. The summed E-state index contributed by atoms with van der Waals surface area (Å²) >= 11 is 0. The third-order valence-electron chi connectivity index (χ3n) is 3.09. The molecule has 5 nitrogen and oxygen atoms in total. The standard InChI is InChI=1S/C14H22N4O/c1-10(2)12-9-13-14(15-6-4-5-11(3)19)16-7-8-18(13)17-12/h7-11,19H,4-6H2,1-3H3,(H,15,16). The van der Waals surface area contributed by atoms with Gasteiger partial charge in [0.25, 0.3) is 0 Å². The van der Waals surface area contributed by atoms with Crippen LogP contribution < -0.4 is 5.32 Å². The first kappa shape index (κ1) is 13.8. The Morgan fingerprint density at radius 2 is 2.16 bits per heavy atom. The lowest BCUT2D eigenvalue weighted by molar-refractivity contribution is 0.183. The molecular formula is C14H22N4O. The van der Waals surface area contributed by atoms with Crippen LogP contribution in [0.4, 0.5) is 5.82 Å². The van der Waals surface area contributed by atoms with Crippen LogP contribution in [0, 0.1) is 0 Å². The first-order valence-electron chi connectivity index (χ1n) is 6.84. The predicted molar refractivity (Wildman–Crippen MR) is 76.5 cm³/mol. The summed E-state index contributed by atoms with van der Waals surface area (Å²) in [5, 5.41) is 17.1. The van der Waals surface area contributed by atoms with Gasteiger partial charge in [-0.15, -0.1) is 0 Å². The van der Waals surface area contributed by atoms with Crippen LogP contribution in [0.5, 0.6) is 0 Å². The van der Waals surface area contributed by atoms with Crippen LogP contribution in [-0.2, 0) is 0 Å². The number of nitrogens with one attached hydrogen (secondary N) is 1. The van der Waals surface area contributed by atoms with E-state index in [1.54, 1.807) is 6.20 Å². The van der Waals surface area contributed by atoms with Crippen molar-refractivity contribution in [3.8, 4) is 0 Å². The van der Waals surface area contributed by atoms with Gasteiger partial charge in [-0.1, -0.05) is 13.8 Å². The zero-order valence-electron chi connectivity index (χ0n) is 11.8. The molecule has 0 fully saturated rings. The predicted octanol–water partition coefficient (Wildman–Crippen LogP) is 2.43. The van der Waals surface area contributed by atoms with Gasteiger partial charge in [0.2, 0.25) is 0 Å². The summed E-state index contributed by atoms with van der Waals surface area (Å²) in [7, 11) is 0. The first-order valence-corrected chi connectivity index (χ1v) is 6.84. The van der Waals surface area contributed by atoms with Crippen LogP contribution in [0.15, 0.2) is 18.5 Å². The van der Waals surface area contributed by atoms with E-state index in [9.17, 15) is 5.11 Å². The molecule has 0 aromatic carbocycles. The van der Waals surface area contributed by atoms with Crippen molar-refractivity contribution in [1.82, 2.24) is 14.6 Å². The number of nitrogens with zero attached hydrogens (tertiary/aromatic N) is 3. The van der Waals surface area contributed by atoms with Crippen molar-refractivity contribution in [2.24, 2.45) is 0 Å². The Morgan fingerprint density at radius 3 is 2.84 bits per heavy atom. The Morgan fingerprint density at radius 1 is 1.37 bits per heavy atom. The highest BCUT2D eigenvalue weighted by molar-refractivity contribution is 5.67. The van der Waals surface area contributed by atoms with Crippen LogP contribution in [-0.4, -0.2) is 32.4 Å². The lowest BCUT2D eigenvalue weighted by Crippen LogP contribution is -2.08. The zero-order valence-corrected chi connectivity index (χ0v) is 11.8. The molecule has 2 aromatic rings. The highest BCUT2D eigenvalue weighted by Gasteiger charge is 2.09. The molecule has 0 aliphatic rings. The largest absolute Gasteiger partial charge is 0.393 e. The number of aliphatic hydroxyl groups excluding tert-OH is 1. The molecule has 0 amide bonds. The summed E-state index contributed by atoms with van der Waals surface area (Å²) in [6.45, 7) is 6.88. The van der Waals surface area contributed by atoms with Crippen LogP contribution in [0.2, 0.25) is 0 Å². The van der Waals surface area contributed by atoms with E-state index in [2.05, 4.69) is 35.3 Å². The highest BCUT2D eigenvalue weighted by Crippen LogP contribution is 2.19. The summed E-state index contributed by atoms with van der Waals surface area (Å²) in [6.07, 6.45) is 5.09. The zero-order chi connectivity index (χ0) is 13.8. The van der Waals surface area contributed by atoms with Gasteiger partial charge in [0.05, 0.1) is 11.8 Å². The van der Waals surface area contributed by atoms with Gasteiger partial charge in [-0.05, 0) is 31.7 Å². The molecule has 1 atom stereocenters. The molecule has 1 unspecified atom stereocenters. The van der Waals surface area contributed by atoms with Crippen molar-refractivity contribution in [3.05, 3.63) is 24.2 Å². The maximum Gasteiger partial charge on any atom is 0.152 e. The summed E-state index contributed by atoms with van der Waals surface area (Å²) in [5.41, 5.74) is 2.07. The minimum Gasteiger partial charge on any atom is -0.393 e. The maximum atomic E-state index is 9.23. The number of aromatic nitrogens is 3. The smallest absolute Gasteiger partial charge is 0.152 e. The van der Waals surface area contributed by atoms with Gasteiger partial charge < -0.3 is 10.4 Å². The Hall–Kier alpha value is -1.62. The topological polar surface area (TPSA) is 62.5 Å². The fraction of sp³-hybridized carbons (Fsp3) is 0.571. The van der Waals surface area contributed by atoms with Crippen LogP contribution in [0.3, 0.4) is 0 Å². The second-order valence-corrected chi connectivity index (χ2v) is 5.25. The van der Waals surface area contributed by atoms with Gasteiger partial charge in [0, 0.05) is 18.9 Å². The minimum absolute atomic E-state index is 0.243. The first-order chi connectivity index (χ1) is 9.08. The Bertz CT molecular complexity index is 533. The number of aliphatic hydroxyl groups is 1. The van der Waals surface area contributed by atoms with E-state index in [1.165, 1.54) is 0 Å². The average Bonchev–Trinajstić information content (AvgIpc) is 2.79. The number of fused-ring (bicyclic) bond motifs is 1. The molecule has 2 heterocycles. The van der Waals surface area contributed by atoms with Gasteiger partial charge in [0.1, 0.15) is 5.52 Å². The fourth-order valence-electron chi connectivity index (χ4n) is 1.96. The molecule has 0 aliphatic carbocycles. The van der Waals surface area contributed by atoms with E-state index in [1.807, 2.05) is 17.6 Å². The molecular weight excluding hydrogens is 240 g/mol. The summed E-state index contributed by atoms with van der Waals surface area (Å²) in [5.74, 6) is 1.26. The number of hydrogen-bond donors (Lipinski definition) is 2. The van der Waals surface area contributed by atoms with Crippen molar-refractivity contribution >= 4 is 11.3 Å². The number of rotatable bonds is 6. The van der Waals surface area contributed by atoms with Crippen LogP contribution >= 0.6 is 0 Å². The molecule has 0 aliphatic heterocycles. The Labute approximate surface area is 113 Å². The minimum atomic E-state index is -0.243. The second-order valence-electron chi connectivity index (χ2n) is 5.25. The molecule has 104 valence electrons. The van der Waals surface area contributed by atoms with E-state index in [0.29, 0.717) is 5.92 Å². The Kier molecular flexibility index (Phi) is 4.37. The van der Waals surface area contributed by atoms with Gasteiger partial charge in [-0.25, -0.2) is 9.50 Å². The summed E-state index contributed by atoms with van der Waals surface area (Å²) in [4.78, 5) is 4.36. The molecule has 0 spiro atoms. The highest BCUT2D eigenvalue weighted by atomic mass is 16.3. The van der Waals surface area contributed by atoms with Crippen molar-refractivity contribution in [2.45, 2.75) is 45.6 Å². The van der Waals surface area contributed by atoms with Gasteiger partial charge in [0.15, 0.2) is 5.82 Å². The van der Waals surface area contributed by atoms with E-state index < -0.39 is 0 Å². The maximum absolute atomic E-state index is 9.23. The molecule has 0 bridgehead atoms. The molecule has 2 N–H and O–H groups in total. The van der Waals surface area contributed by atoms with E-state index in [-0.39, 0.29) is 6.10 Å². The third kappa shape index (κ3) is 3.44. The van der Waals surface area contributed by atoms with Crippen molar-refractivity contribution < 1.29 is 5.11 Å².